The van der Waals surface area contributed by atoms with E-state index in [1.54, 1.807) is 12.1 Å². The molecule has 3 aromatic rings. The molecule has 0 spiro atoms. The smallest absolute Gasteiger partial charge is 0.251 e. The van der Waals surface area contributed by atoms with E-state index in [1.807, 2.05) is 20.0 Å². The number of carbonyl (C=O) groups is 1. The molecule has 6 rings (SSSR count). The summed E-state index contributed by atoms with van der Waals surface area (Å²) in [7, 11) is 0. The van der Waals surface area contributed by atoms with Crippen LogP contribution in [-0.4, -0.2) is 52.2 Å². The van der Waals surface area contributed by atoms with Crippen LogP contribution in [0.5, 0.6) is 5.75 Å². The van der Waals surface area contributed by atoms with Crippen LogP contribution in [0.25, 0.3) is 10.9 Å². The lowest BCUT2D eigenvalue weighted by molar-refractivity contribution is 0.0836. The summed E-state index contributed by atoms with van der Waals surface area (Å²) in [6, 6.07) is 11.4. The van der Waals surface area contributed by atoms with E-state index in [2.05, 4.69) is 33.4 Å². The Labute approximate surface area is 207 Å². The third-order valence-electron chi connectivity index (χ3n) is 6.63. The molecule has 0 aliphatic carbocycles. The average molecular weight is 477 g/mol. The predicted molar refractivity (Wildman–Crippen MR) is 137 cm³/mol. The summed E-state index contributed by atoms with van der Waals surface area (Å²) < 4.78 is 5.43. The number of ether oxygens (including phenoxy) is 1. The molecule has 35 heavy (non-hydrogen) atoms. The van der Waals surface area contributed by atoms with Crippen molar-refractivity contribution in [1.82, 2.24) is 20.2 Å². The molecule has 0 bridgehead atoms. The highest BCUT2D eigenvalue weighted by Gasteiger charge is 2.19. The third kappa shape index (κ3) is 6.35. The lowest BCUT2D eigenvalue weighted by Gasteiger charge is -2.20. The predicted octanol–water partition coefficient (Wildman–Crippen LogP) is 4.78. The van der Waals surface area contributed by atoms with Crippen molar-refractivity contribution in [1.29, 1.82) is 0 Å². The van der Waals surface area contributed by atoms with Crippen molar-refractivity contribution in [2.24, 2.45) is 0 Å². The van der Waals surface area contributed by atoms with E-state index in [0.717, 1.165) is 54.9 Å². The number of benzene rings is 2. The maximum absolute atomic E-state index is 11.0. The lowest BCUT2D eigenvalue weighted by Crippen LogP contribution is -2.18. The number of carbonyl (C=O) groups excluding carboxylic acids is 1. The number of aromatic nitrogens is 2. The Hall–Kier alpha value is -3.03. The second-order valence-corrected chi connectivity index (χ2v) is 9.02. The first-order valence-corrected chi connectivity index (χ1v) is 12.8. The van der Waals surface area contributed by atoms with Gasteiger partial charge in [0.15, 0.2) is 0 Å². The number of nitrogens with one attached hydrogen (secondary N) is 1. The van der Waals surface area contributed by atoms with Gasteiger partial charge >= 0.3 is 0 Å². The zero-order valence-corrected chi connectivity index (χ0v) is 20.8. The summed E-state index contributed by atoms with van der Waals surface area (Å²) in [5.74, 6) is 1.60. The van der Waals surface area contributed by atoms with E-state index < -0.39 is 0 Å². The highest BCUT2D eigenvalue weighted by Crippen LogP contribution is 2.26. The number of phenolic OH excluding ortho intramolecular Hbond substituents is 1. The van der Waals surface area contributed by atoms with Gasteiger partial charge in [0.25, 0.3) is 5.91 Å². The molecule has 2 aromatic carbocycles. The van der Waals surface area contributed by atoms with E-state index in [-0.39, 0.29) is 11.7 Å². The number of amides is 1. The van der Waals surface area contributed by atoms with Gasteiger partial charge in [-0.1, -0.05) is 19.9 Å². The fourth-order valence-corrected chi connectivity index (χ4v) is 4.77. The molecule has 0 atom stereocenters. The Bertz CT molecular complexity index is 1140. The molecule has 7 heteroatoms. The van der Waals surface area contributed by atoms with Gasteiger partial charge in [-0.15, -0.1) is 0 Å². The molecule has 186 valence electrons. The van der Waals surface area contributed by atoms with Crippen LogP contribution in [0, 0.1) is 0 Å². The van der Waals surface area contributed by atoms with Crippen LogP contribution in [-0.2, 0) is 17.8 Å². The van der Waals surface area contributed by atoms with Crippen molar-refractivity contribution in [2.75, 3.05) is 26.3 Å². The van der Waals surface area contributed by atoms with Crippen LogP contribution in [0.4, 0.5) is 0 Å². The molecule has 3 aliphatic rings. The normalized spacial score (nSPS) is 17.7. The number of aromatic hydroxyl groups is 1. The van der Waals surface area contributed by atoms with E-state index >= 15 is 0 Å². The molecule has 2 fully saturated rings. The first-order valence-electron chi connectivity index (χ1n) is 12.8. The minimum atomic E-state index is -0.0556. The van der Waals surface area contributed by atoms with Crippen LogP contribution in [0.2, 0.25) is 0 Å². The van der Waals surface area contributed by atoms with Gasteiger partial charge in [-0.25, -0.2) is 9.97 Å². The molecule has 1 amide bonds. The molecule has 2 N–H and O–H groups in total. The number of likely N-dealkylation sites (tertiary alicyclic amines) is 1. The SMILES string of the molecule is CC.O=C1NCc2cc(O)ccc21.c1cc2nc(C3CCOCC3)ncc2cc1CN1CCCC1. The van der Waals surface area contributed by atoms with Crippen molar-refractivity contribution in [3.05, 3.63) is 65.1 Å². The molecule has 2 saturated heterocycles. The molecular formula is C28H36N4O3. The molecule has 1 aromatic heterocycles. The Morgan fingerprint density at radius 1 is 1.09 bits per heavy atom. The van der Waals surface area contributed by atoms with E-state index in [4.69, 9.17) is 14.8 Å². The molecule has 7 nitrogen and oxygen atoms in total. The van der Waals surface area contributed by atoms with Crippen molar-refractivity contribution in [3.63, 3.8) is 0 Å². The number of nitrogens with zero attached hydrogens (tertiary/aromatic N) is 3. The molecule has 0 radical (unpaired) electrons. The van der Waals surface area contributed by atoms with Crippen molar-refractivity contribution in [2.45, 2.75) is 58.5 Å². The number of hydrogen-bond acceptors (Lipinski definition) is 6. The van der Waals surface area contributed by atoms with E-state index in [0.29, 0.717) is 18.0 Å². The maximum atomic E-state index is 11.0. The minimum absolute atomic E-state index is 0.0556. The Balaban J connectivity index is 0.000000186. The zero-order chi connectivity index (χ0) is 24.6. The lowest BCUT2D eigenvalue weighted by atomic mass is 9.99. The van der Waals surface area contributed by atoms with Crippen LogP contribution in [0.15, 0.2) is 42.6 Å². The number of rotatable bonds is 3. The van der Waals surface area contributed by atoms with Gasteiger partial charge in [-0.3, -0.25) is 9.69 Å². The highest BCUT2D eigenvalue weighted by atomic mass is 16.5. The number of phenols is 1. The second kappa shape index (κ2) is 12.1. The second-order valence-electron chi connectivity index (χ2n) is 9.02. The fraction of sp³-hybridized carbons (Fsp3) is 0.464. The number of fused-ring (bicyclic) bond motifs is 2. The molecule has 4 heterocycles. The quantitative estimate of drug-likeness (QED) is 0.566. The summed E-state index contributed by atoms with van der Waals surface area (Å²) in [5, 5.41) is 12.9. The molecule has 0 saturated carbocycles. The van der Waals surface area contributed by atoms with Crippen LogP contribution < -0.4 is 5.32 Å². The Kier molecular flexibility index (Phi) is 8.66. The van der Waals surface area contributed by atoms with E-state index in [9.17, 15) is 4.79 Å². The van der Waals surface area contributed by atoms with Crippen LogP contribution in [0.3, 0.4) is 0 Å². The Morgan fingerprint density at radius 3 is 2.63 bits per heavy atom. The summed E-state index contributed by atoms with van der Waals surface area (Å²) >= 11 is 0. The number of hydrogen-bond donors (Lipinski definition) is 2. The highest BCUT2D eigenvalue weighted by molar-refractivity contribution is 5.98. The van der Waals surface area contributed by atoms with Gasteiger partial charge in [0.2, 0.25) is 0 Å². The van der Waals surface area contributed by atoms with Gasteiger partial charge < -0.3 is 15.2 Å². The van der Waals surface area contributed by atoms with Crippen LogP contribution in [0.1, 0.15) is 72.8 Å². The van der Waals surface area contributed by atoms with Crippen LogP contribution >= 0.6 is 0 Å². The molecular weight excluding hydrogens is 440 g/mol. The standard InChI is InChI=1S/C18H23N3O.C8H7NO2.C2H6/c1-2-8-21(7-1)13-14-3-4-17-16(11-14)12-19-18(20-17)15-5-9-22-10-6-15;10-6-1-2-7-5(3-6)4-9-8(7)11;1-2/h3-4,11-12,15H,1-2,5-10,13H2;1-3,10H,4H2,(H,9,11);1-2H3. The monoisotopic (exact) mass is 476 g/mol. The van der Waals surface area contributed by atoms with Crippen molar-refractivity contribution >= 4 is 16.8 Å². The van der Waals surface area contributed by atoms with Gasteiger partial charge in [-0.05, 0) is 80.2 Å². The van der Waals surface area contributed by atoms with Gasteiger partial charge in [0, 0.05) is 49.4 Å². The van der Waals surface area contributed by atoms with Gasteiger partial charge in [0.05, 0.1) is 5.52 Å². The summed E-state index contributed by atoms with van der Waals surface area (Å²) in [5.41, 5.74) is 3.98. The topological polar surface area (TPSA) is 87.6 Å². The first-order chi connectivity index (χ1) is 17.2. The van der Waals surface area contributed by atoms with E-state index in [1.165, 1.54) is 37.6 Å². The Morgan fingerprint density at radius 2 is 1.86 bits per heavy atom. The van der Waals surface area contributed by atoms with Crippen molar-refractivity contribution < 1.29 is 14.6 Å². The molecule has 0 unspecified atom stereocenters. The third-order valence-corrected chi connectivity index (χ3v) is 6.63. The summed E-state index contributed by atoms with van der Waals surface area (Å²) in [6.07, 6.45) is 6.76. The van der Waals surface area contributed by atoms with Crippen molar-refractivity contribution in [3.8, 4) is 5.75 Å². The zero-order valence-electron chi connectivity index (χ0n) is 20.8. The van der Waals surface area contributed by atoms with Gasteiger partial charge in [-0.2, -0.15) is 0 Å². The fourth-order valence-electron chi connectivity index (χ4n) is 4.77. The van der Waals surface area contributed by atoms with Gasteiger partial charge in [0.1, 0.15) is 11.6 Å². The average Bonchev–Trinajstić information content (AvgIpc) is 3.55. The first kappa shape index (κ1) is 25.1. The maximum Gasteiger partial charge on any atom is 0.251 e. The summed E-state index contributed by atoms with van der Waals surface area (Å²) in [6.45, 7) is 9.72. The molecule has 3 aliphatic heterocycles. The summed E-state index contributed by atoms with van der Waals surface area (Å²) in [4.78, 5) is 22.9. The minimum Gasteiger partial charge on any atom is -0.508 e. The largest absolute Gasteiger partial charge is 0.508 e.